The number of hydrogen-bond acceptors (Lipinski definition) is 6. The molecule has 0 radical (unpaired) electrons. The van der Waals surface area contributed by atoms with Crippen LogP contribution < -0.4 is 0 Å². The molecule has 3 heterocycles. The van der Waals surface area contributed by atoms with E-state index in [1.165, 1.54) is 11.3 Å². The van der Waals surface area contributed by atoms with E-state index < -0.39 is 0 Å². The molecule has 3 aromatic heterocycles. The van der Waals surface area contributed by atoms with Crippen LogP contribution in [-0.2, 0) is 4.74 Å². The Morgan fingerprint density at radius 2 is 2.23 bits per heavy atom. The topological polar surface area (TPSA) is 65.0 Å². The summed E-state index contributed by atoms with van der Waals surface area (Å²) in [6.45, 7) is 3.92. The lowest BCUT2D eigenvalue weighted by Crippen LogP contribution is -2.03. The zero-order valence-corrected chi connectivity index (χ0v) is 13.5. The van der Waals surface area contributed by atoms with Gasteiger partial charge in [-0.2, -0.15) is 0 Å². The molecular weight excluding hydrogens is 322 g/mol. The minimum atomic E-state index is -0.359. The fourth-order valence-corrected chi connectivity index (χ4v) is 3.55. The molecule has 0 saturated carbocycles. The van der Waals surface area contributed by atoms with Crippen molar-refractivity contribution in [3.8, 4) is 11.4 Å². The Morgan fingerprint density at radius 3 is 2.91 bits per heavy atom. The maximum Gasteiger partial charge on any atom is 0.348 e. The molecule has 0 aromatic carbocycles. The first-order valence-electron chi connectivity index (χ1n) is 6.66. The van der Waals surface area contributed by atoms with Gasteiger partial charge in [-0.15, -0.1) is 11.3 Å². The Hall–Kier alpha value is -2.05. The molecule has 0 saturated heterocycles. The number of thiophene rings is 1. The average Bonchev–Trinajstić information content (AvgIpc) is 2.86. The van der Waals surface area contributed by atoms with Crippen LogP contribution in [0.2, 0.25) is 5.15 Å². The van der Waals surface area contributed by atoms with Crippen molar-refractivity contribution in [1.29, 1.82) is 0 Å². The van der Waals surface area contributed by atoms with Gasteiger partial charge in [-0.3, -0.25) is 4.98 Å². The Labute approximate surface area is 136 Å². The fourth-order valence-electron chi connectivity index (χ4n) is 2.11. The number of aryl methyl sites for hydroxylation is 1. The van der Waals surface area contributed by atoms with Crippen molar-refractivity contribution in [3.05, 3.63) is 40.1 Å². The number of halogens is 1. The van der Waals surface area contributed by atoms with E-state index in [0.29, 0.717) is 32.7 Å². The summed E-state index contributed by atoms with van der Waals surface area (Å²) in [5.41, 5.74) is 1.52. The van der Waals surface area contributed by atoms with Crippen LogP contribution in [0.5, 0.6) is 0 Å². The second-order valence-corrected chi connectivity index (χ2v) is 5.89. The Balaban J connectivity index is 2.17. The third-order valence-corrected chi connectivity index (χ3v) is 4.57. The van der Waals surface area contributed by atoms with Gasteiger partial charge in [0.2, 0.25) is 0 Å². The van der Waals surface area contributed by atoms with Gasteiger partial charge in [0.1, 0.15) is 14.9 Å². The number of hydrogen-bond donors (Lipinski definition) is 0. The van der Waals surface area contributed by atoms with Crippen molar-refractivity contribution in [2.75, 3.05) is 6.61 Å². The lowest BCUT2D eigenvalue weighted by molar-refractivity contribution is 0.0531. The van der Waals surface area contributed by atoms with E-state index in [9.17, 15) is 4.79 Å². The fraction of sp³-hybridized carbons (Fsp3) is 0.200. The summed E-state index contributed by atoms with van der Waals surface area (Å²) in [7, 11) is 0. The molecule has 22 heavy (non-hydrogen) atoms. The molecule has 3 aromatic rings. The number of aromatic nitrogens is 3. The highest BCUT2D eigenvalue weighted by Crippen LogP contribution is 2.35. The number of ether oxygens (including phenoxy) is 1. The van der Waals surface area contributed by atoms with Gasteiger partial charge in [0.05, 0.1) is 12.0 Å². The van der Waals surface area contributed by atoms with E-state index in [2.05, 4.69) is 15.0 Å². The van der Waals surface area contributed by atoms with Crippen molar-refractivity contribution >= 4 is 39.1 Å². The van der Waals surface area contributed by atoms with Gasteiger partial charge >= 0.3 is 5.97 Å². The van der Waals surface area contributed by atoms with Crippen molar-refractivity contribution in [3.63, 3.8) is 0 Å². The van der Waals surface area contributed by atoms with E-state index >= 15 is 0 Å². The van der Waals surface area contributed by atoms with E-state index in [4.69, 9.17) is 16.3 Å². The first-order valence-corrected chi connectivity index (χ1v) is 7.85. The molecule has 3 rings (SSSR count). The zero-order valence-electron chi connectivity index (χ0n) is 12.0. The molecule has 0 bridgehead atoms. The SMILES string of the molecule is CCOC(=O)c1sc2nc(-c3cccnc3)nc(Cl)c2c1C. The smallest absolute Gasteiger partial charge is 0.348 e. The van der Waals surface area contributed by atoms with Crippen LogP contribution in [0.15, 0.2) is 24.5 Å². The number of carbonyl (C=O) groups excluding carboxylic acids is 1. The average molecular weight is 334 g/mol. The van der Waals surface area contributed by atoms with Gasteiger partial charge < -0.3 is 4.74 Å². The molecule has 0 atom stereocenters. The van der Waals surface area contributed by atoms with Crippen LogP contribution in [0, 0.1) is 6.92 Å². The summed E-state index contributed by atoms with van der Waals surface area (Å²) >= 11 is 7.56. The van der Waals surface area contributed by atoms with Crippen LogP contribution in [0.4, 0.5) is 0 Å². The molecular formula is C15H12ClN3O2S. The molecule has 0 amide bonds. The predicted octanol–water partition coefficient (Wildman–Crippen LogP) is 3.89. The van der Waals surface area contributed by atoms with Gasteiger partial charge in [-0.25, -0.2) is 14.8 Å². The highest BCUT2D eigenvalue weighted by Gasteiger charge is 2.21. The lowest BCUT2D eigenvalue weighted by atomic mass is 10.2. The molecule has 0 aliphatic heterocycles. The first-order chi connectivity index (χ1) is 10.6. The summed E-state index contributed by atoms with van der Waals surface area (Å²) in [4.78, 5) is 26.0. The summed E-state index contributed by atoms with van der Waals surface area (Å²) in [6, 6.07) is 3.66. The maximum absolute atomic E-state index is 12.0. The molecule has 0 spiro atoms. The third-order valence-electron chi connectivity index (χ3n) is 3.13. The van der Waals surface area contributed by atoms with Crippen molar-refractivity contribution in [2.45, 2.75) is 13.8 Å². The number of carbonyl (C=O) groups is 1. The summed E-state index contributed by atoms with van der Waals surface area (Å²) in [6.07, 6.45) is 3.35. The van der Waals surface area contributed by atoms with Crippen LogP contribution >= 0.6 is 22.9 Å². The Morgan fingerprint density at radius 1 is 1.41 bits per heavy atom. The van der Waals surface area contributed by atoms with Crippen molar-refractivity contribution in [1.82, 2.24) is 15.0 Å². The van der Waals surface area contributed by atoms with Crippen LogP contribution in [0.25, 0.3) is 21.6 Å². The predicted molar refractivity (Wildman–Crippen MR) is 86.3 cm³/mol. The second kappa shape index (κ2) is 5.98. The molecule has 5 nitrogen and oxygen atoms in total. The highest BCUT2D eigenvalue weighted by atomic mass is 35.5. The van der Waals surface area contributed by atoms with Crippen LogP contribution in [-0.4, -0.2) is 27.5 Å². The first kappa shape index (κ1) is 14.9. The number of fused-ring (bicyclic) bond motifs is 1. The summed E-state index contributed by atoms with van der Waals surface area (Å²) in [5, 5.41) is 1.02. The number of esters is 1. The second-order valence-electron chi connectivity index (χ2n) is 4.54. The van der Waals surface area contributed by atoms with Gasteiger partial charge in [0.15, 0.2) is 5.82 Å². The number of pyridine rings is 1. The van der Waals surface area contributed by atoms with E-state index in [1.54, 1.807) is 25.4 Å². The molecule has 0 aliphatic rings. The largest absolute Gasteiger partial charge is 0.462 e. The molecule has 7 heteroatoms. The van der Waals surface area contributed by atoms with Crippen LogP contribution in [0.1, 0.15) is 22.2 Å². The highest BCUT2D eigenvalue weighted by molar-refractivity contribution is 7.20. The monoisotopic (exact) mass is 333 g/mol. The quantitative estimate of drug-likeness (QED) is 0.537. The summed E-state index contributed by atoms with van der Waals surface area (Å²) in [5.74, 6) is 0.129. The van der Waals surface area contributed by atoms with E-state index in [0.717, 1.165) is 11.1 Å². The number of nitrogens with zero attached hydrogens (tertiary/aromatic N) is 3. The minimum absolute atomic E-state index is 0.326. The van der Waals surface area contributed by atoms with Gasteiger partial charge in [-0.05, 0) is 31.5 Å². The molecule has 112 valence electrons. The number of rotatable bonds is 3. The molecule has 0 aliphatic carbocycles. The van der Waals surface area contributed by atoms with Crippen molar-refractivity contribution < 1.29 is 9.53 Å². The summed E-state index contributed by atoms with van der Waals surface area (Å²) < 4.78 is 5.06. The molecule has 0 N–H and O–H groups in total. The minimum Gasteiger partial charge on any atom is -0.462 e. The molecule has 0 unspecified atom stereocenters. The van der Waals surface area contributed by atoms with Gasteiger partial charge in [0, 0.05) is 18.0 Å². The standard InChI is InChI=1S/C15H12ClN3O2S/c1-3-21-15(20)11-8(2)10-12(16)18-13(19-14(10)22-11)9-5-4-6-17-7-9/h4-7H,3H2,1-2H3. The third kappa shape index (κ3) is 2.55. The van der Waals surface area contributed by atoms with E-state index in [-0.39, 0.29) is 5.97 Å². The van der Waals surface area contributed by atoms with Crippen LogP contribution in [0.3, 0.4) is 0 Å². The maximum atomic E-state index is 12.0. The Kier molecular flexibility index (Phi) is 4.04. The normalized spacial score (nSPS) is 10.9. The zero-order chi connectivity index (χ0) is 15.7. The van der Waals surface area contributed by atoms with Crippen molar-refractivity contribution in [2.24, 2.45) is 0 Å². The molecule has 0 fully saturated rings. The van der Waals surface area contributed by atoms with E-state index in [1.807, 2.05) is 13.0 Å². The lowest BCUT2D eigenvalue weighted by Gasteiger charge is -2.02. The van der Waals surface area contributed by atoms with Gasteiger partial charge in [0.25, 0.3) is 0 Å². The van der Waals surface area contributed by atoms with Gasteiger partial charge in [-0.1, -0.05) is 11.6 Å². The Bertz CT molecular complexity index is 849.